The third kappa shape index (κ3) is 3.85. The molecule has 2 aromatic carbocycles. The van der Waals surface area contributed by atoms with E-state index in [0.29, 0.717) is 17.1 Å². The molecule has 0 heterocycles. The van der Waals surface area contributed by atoms with Gasteiger partial charge in [-0.2, -0.15) is 5.10 Å². The van der Waals surface area contributed by atoms with E-state index in [2.05, 4.69) is 10.5 Å². The molecule has 0 spiro atoms. The first kappa shape index (κ1) is 15.6. The molecule has 0 atom stereocenters. The van der Waals surface area contributed by atoms with Crippen LogP contribution in [0.4, 0.5) is 0 Å². The first-order valence-electron chi connectivity index (χ1n) is 6.76. The van der Waals surface area contributed by atoms with Crippen molar-refractivity contribution in [2.75, 3.05) is 14.2 Å². The Morgan fingerprint density at radius 1 is 1.09 bits per heavy atom. The van der Waals surface area contributed by atoms with Crippen LogP contribution in [0, 0.1) is 6.92 Å². The van der Waals surface area contributed by atoms with Crippen molar-refractivity contribution < 1.29 is 14.3 Å². The Bertz CT molecular complexity index is 674. The molecule has 0 saturated heterocycles. The summed E-state index contributed by atoms with van der Waals surface area (Å²) >= 11 is 0. The van der Waals surface area contributed by atoms with Gasteiger partial charge in [-0.1, -0.05) is 24.3 Å². The number of amides is 1. The van der Waals surface area contributed by atoms with Gasteiger partial charge in [0.1, 0.15) is 11.5 Å². The lowest BCUT2D eigenvalue weighted by Crippen LogP contribution is -2.17. The van der Waals surface area contributed by atoms with E-state index in [9.17, 15) is 4.79 Å². The van der Waals surface area contributed by atoms with Gasteiger partial charge < -0.3 is 9.47 Å². The highest BCUT2D eigenvalue weighted by Gasteiger charge is 2.09. The Morgan fingerprint density at radius 3 is 2.32 bits per heavy atom. The van der Waals surface area contributed by atoms with Crippen LogP contribution in [0.2, 0.25) is 0 Å². The largest absolute Gasteiger partial charge is 0.497 e. The number of carbonyl (C=O) groups is 1. The number of rotatable bonds is 5. The van der Waals surface area contributed by atoms with E-state index >= 15 is 0 Å². The second-order valence-electron chi connectivity index (χ2n) is 4.66. The van der Waals surface area contributed by atoms with E-state index in [1.807, 2.05) is 31.2 Å². The second kappa shape index (κ2) is 7.26. The van der Waals surface area contributed by atoms with Crippen molar-refractivity contribution in [1.29, 1.82) is 0 Å². The molecule has 0 radical (unpaired) electrons. The number of benzene rings is 2. The Labute approximate surface area is 129 Å². The summed E-state index contributed by atoms with van der Waals surface area (Å²) in [6.45, 7) is 1.98. The average Bonchev–Trinajstić information content (AvgIpc) is 2.55. The van der Waals surface area contributed by atoms with E-state index in [1.54, 1.807) is 24.4 Å². The van der Waals surface area contributed by atoms with E-state index in [-0.39, 0.29) is 5.91 Å². The molecule has 0 aromatic heterocycles. The van der Waals surface area contributed by atoms with Crippen molar-refractivity contribution in [2.24, 2.45) is 5.10 Å². The van der Waals surface area contributed by atoms with Crippen LogP contribution in [0.25, 0.3) is 0 Å². The molecule has 1 N–H and O–H groups in total. The number of ether oxygens (including phenoxy) is 2. The standard InChI is InChI=1S/C17H18N2O3/c1-12-6-4-5-7-13(12)11-18-19-17(20)14-8-15(21-2)10-16(9-14)22-3/h4-11H,1-3H3,(H,19,20)/b18-11-. The lowest BCUT2D eigenvalue weighted by molar-refractivity contribution is 0.0954. The van der Waals surface area contributed by atoms with Gasteiger partial charge in [-0.05, 0) is 30.2 Å². The van der Waals surface area contributed by atoms with Crippen LogP contribution in [0.5, 0.6) is 11.5 Å². The third-order valence-corrected chi connectivity index (χ3v) is 3.17. The summed E-state index contributed by atoms with van der Waals surface area (Å²) in [5, 5.41) is 3.98. The molecule has 5 nitrogen and oxygen atoms in total. The number of nitrogens with one attached hydrogen (secondary N) is 1. The first-order valence-corrected chi connectivity index (χ1v) is 6.76. The molecule has 0 saturated carbocycles. The molecule has 0 aliphatic rings. The van der Waals surface area contributed by atoms with Crippen LogP contribution in [0.3, 0.4) is 0 Å². The van der Waals surface area contributed by atoms with E-state index in [1.165, 1.54) is 14.2 Å². The van der Waals surface area contributed by atoms with Crippen LogP contribution < -0.4 is 14.9 Å². The number of methoxy groups -OCH3 is 2. The van der Waals surface area contributed by atoms with Gasteiger partial charge in [-0.25, -0.2) is 5.43 Å². The number of hydrazone groups is 1. The van der Waals surface area contributed by atoms with E-state index < -0.39 is 0 Å². The molecular weight excluding hydrogens is 280 g/mol. The number of hydrogen-bond donors (Lipinski definition) is 1. The Kier molecular flexibility index (Phi) is 5.14. The Hall–Kier alpha value is -2.82. The smallest absolute Gasteiger partial charge is 0.271 e. The minimum absolute atomic E-state index is 0.331. The zero-order valence-corrected chi connectivity index (χ0v) is 12.8. The highest BCUT2D eigenvalue weighted by Crippen LogP contribution is 2.22. The molecule has 22 heavy (non-hydrogen) atoms. The molecule has 0 bridgehead atoms. The number of aryl methyl sites for hydroxylation is 1. The van der Waals surface area contributed by atoms with Gasteiger partial charge in [0.15, 0.2) is 0 Å². The molecule has 5 heteroatoms. The molecule has 0 aliphatic heterocycles. The topological polar surface area (TPSA) is 59.9 Å². The lowest BCUT2D eigenvalue weighted by atomic mass is 10.1. The van der Waals surface area contributed by atoms with Crippen molar-refractivity contribution in [3.8, 4) is 11.5 Å². The summed E-state index contributed by atoms with van der Waals surface area (Å²) < 4.78 is 10.3. The Morgan fingerprint density at radius 2 is 1.73 bits per heavy atom. The number of carbonyl (C=O) groups excluding carboxylic acids is 1. The quantitative estimate of drug-likeness (QED) is 0.682. The number of hydrogen-bond acceptors (Lipinski definition) is 4. The molecule has 0 unspecified atom stereocenters. The molecule has 2 aromatic rings. The maximum Gasteiger partial charge on any atom is 0.271 e. The fourth-order valence-corrected chi connectivity index (χ4v) is 1.90. The van der Waals surface area contributed by atoms with Gasteiger partial charge in [0.2, 0.25) is 0 Å². The normalized spacial score (nSPS) is 10.5. The highest BCUT2D eigenvalue weighted by atomic mass is 16.5. The highest BCUT2D eigenvalue weighted by molar-refractivity contribution is 5.95. The molecular formula is C17H18N2O3. The maximum atomic E-state index is 12.1. The SMILES string of the molecule is COc1cc(OC)cc(C(=O)N/N=C\c2ccccc2C)c1. The van der Waals surface area contributed by atoms with Crippen molar-refractivity contribution in [3.63, 3.8) is 0 Å². The van der Waals surface area contributed by atoms with Crippen LogP contribution in [-0.4, -0.2) is 26.3 Å². The van der Waals surface area contributed by atoms with E-state index in [4.69, 9.17) is 9.47 Å². The average molecular weight is 298 g/mol. The lowest BCUT2D eigenvalue weighted by Gasteiger charge is -2.07. The first-order chi connectivity index (χ1) is 10.6. The van der Waals surface area contributed by atoms with Gasteiger partial charge in [0.25, 0.3) is 5.91 Å². The molecule has 0 aliphatic carbocycles. The zero-order chi connectivity index (χ0) is 15.9. The second-order valence-corrected chi connectivity index (χ2v) is 4.66. The molecule has 0 fully saturated rings. The van der Waals surface area contributed by atoms with Crippen molar-refractivity contribution >= 4 is 12.1 Å². The van der Waals surface area contributed by atoms with Crippen LogP contribution in [-0.2, 0) is 0 Å². The predicted molar refractivity (Wildman–Crippen MR) is 85.8 cm³/mol. The molecule has 2 rings (SSSR count). The summed E-state index contributed by atoms with van der Waals surface area (Å²) in [5.41, 5.74) is 4.95. The van der Waals surface area contributed by atoms with Gasteiger partial charge in [-0.15, -0.1) is 0 Å². The maximum absolute atomic E-state index is 12.1. The fraction of sp³-hybridized carbons (Fsp3) is 0.176. The fourth-order valence-electron chi connectivity index (χ4n) is 1.90. The van der Waals surface area contributed by atoms with Gasteiger partial charge >= 0.3 is 0 Å². The summed E-state index contributed by atoms with van der Waals surface area (Å²) in [5.74, 6) is 0.766. The summed E-state index contributed by atoms with van der Waals surface area (Å²) in [4.78, 5) is 12.1. The van der Waals surface area contributed by atoms with Crippen LogP contribution in [0.1, 0.15) is 21.5 Å². The van der Waals surface area contributed by atoms with Gasteiger partial charge in [-0.3, -0.25) is 4.79 Å². The van der Waals surface area contributed by atoms with Crippen molar-refractivity contribution in [2.45, 2.75) is 6.92 Å². The minimum atomic E-state index is -0.331. The third-order valence-electron chi connectivity index (χ3n) is 3.17. The molecule has 1 amide bonds. The zero-order valence-electron chi connectivity index (χ0n) is 12.8. The summed E-state index contributed by atoms with van der Waals surface area (Å²) in [7, 11) is 3.07. The van der Waals surface area contributed by atoms with Crippen molar-refractivity contribution in [1.82, 2.24) is 5.43 Å². The number of nitrogens with zero attached hydrogens (tertiary/aromatic N) is 1. The van der Waals surface area contributed by atoms with Gasteiger partial charge in [0.05, 0.1) is 20.4 Å². The monoisotopic (exact) mass is 298 g/mol. The van der Waals surface area contributed by atoms with Gasteiger partial charge in [0, 0.05) is 11.6 Å². The minimum Gasteiger partial charge on any atom is -0.497 e. The summed E-state index contributed by atoms with van der Waals surface area (Å²) in [6, 6.07) is 12.7. The van der Waals surface area contributed by atoms with Crippen LogP contribution >= 0.6 is 0 Å². The Balaban J connectivity index is 2.11. The van der Waals surface area contributed by atoms with Crippen LogP contribution in [0.15, 0.2) is 47.6 Å². The molecule has 114 valence electrons. The van der Waals surface area contributed by atoms with Crippen molar-refractivity contribution in [3.05, 3.63) is 59.2 Å². The summed E-state index contributed by atoms with van der Waals surface area (Å²) in [6.07, 6.45) is 1.62. The van der Waals surface area contributed by atoms with E-state index in [0.717, 1.165) is 11.1 Å². The predicted octanol–water partition coefficient (Wildman–Crippen LogP) is 2.78.